The standard InChI is InChI=1S/C16H21N3O5/c1-16(2)7-10-5-12(19(21)22)14(6-13(10)24-16)23-11-3-4-18(8-11)9-15(17)20/h5-6,11H,3-4,7-9H2,1-2H3,(H2,17,20). The van der Waals surface area contributed by atoms with Crippen molar-refractivity contribution in [3.63, 3.8) is 0 Å². The zero-order chi connectivity index (χ0) is 17.5. The first-order valence-corrected chi connectivity index (χ1v) is 7.91. The lowest BCUT2D eigenvalue weighted by Gasteiger charge is -2.17. The number of nitrogens with zero attached hydrogens (tertiary/aromatic N) is 2. The van der Waals surface area contributed by atoms with Crippen molar-refractivity contribution in [1.29, 1.82) is 0 Å². The molecule has 1 saturated heterocycles. The van der Waals surface area contributed by atoms with Gasteiger partial charge in [0.1, 0.15) is 17.5 Å². The van der Waals surface area contributed by atoms with E-state index in [4.69, 9.17) is 15.2 Å². The van der Waals surface area contributed by atoms with E-state index in [1.54, 1.807) is 6.07 Å². The fraction of sp³-hybridized carbons (Fsp3) is 0.562. The van der Waals surface area contributed by atoms with Crippen molar-refractivity contribution < 1.29 is 19.2 Å². The highest BCUT2D eigenvalue weighted by atomic mass is 16.6. The molecule has 1 aromatic carbocycles. The Morgan fingerprint density at radius 3 is 2.96 bits per heavy atom. The van der Waals surface area contributed by atoms with Crippen LogP contribution in [0.25, 0.3) is 0 Å². The minimum atomic E-state index is -0.433. The smallest absolute Gasteiger partial charge is 0.311 e. The number of nitrogens with two attached hydrogens (primary N) is 1. The molecule has 1 unspecified atom stereocenters. The highest BCUT2D eigenvalue weighted by Gasteiger charge is 2.34. The first-order valence-electron chi connectivity index (χ1n) is 7.91. The van der Waals surface area contributed by atoms with Crippen LogP contribution in [0.15, 0.2) is 12.1 Å². The van der Waals surface area contributed by atoms with Gasteiger partial charge in [0.25, 0.3) is 0 Å². The molecule has 2 aliphatic heterocycles. The summed E-state index contributed by atoms with van der Waals surface area (Å²) in [4.78, 5) is 23.8. The van der Waals surface area contributed by atoms with E-state index >= 15 is 0 Å². The number of amides is 1. The number of hydrogen-bond donors (Lipinski definition) is 1. The average molecular weight is 335 g/mol. The van der Waals surface area contributed by atoms with E-state index < -0.39 is 10.8 Å². The number of carbonyl (C=O) groups excluding carboxylic acids is 1. The van der Waals surface area contributed by atoms with Gasteiger partial charge in [-0.2, -0.15) is 0 Å². The molecule has 8 nitrogen and oxygen atoms in total. The molecule has 1 aromatic rings. The Balaban J connectivity index is 1.79. The number of rotatable bonds is 5. The van der Waals surface area contributed by atoms with Crippen molar-refractivity contribution in [3.8, 4) is 11.5 Å². The van der Waals surface area contributed by atoms with Crippen molar-refractivity contribution in [3.05, 3.63) is 27.8 Å². The van der Waals surface area contributed by atoms with E-state index in [-0.39, 0.29) is 29.7 Å². The van der Waals surface area contributed by atoms with Crippen LogP contribution in [-0.4, -0.2) is 47.1 Å². The molecule has 0 spiro atoms. The summed E-state index contributed by atoms with van der Waals surface area (Å²) in [6.07, 6.45) is 1.10. The Labute approximate surface area is 139 Å². The summed E-state index contributed by atoms with van der Waals surface area (Å²) in [5.41, 5.74) is 5.59. The lowest BCUT2D eigenvalue weighted by atomic mass is 10.0. The number of primary amides is 1. The number of nitro benzene ring substituents is 1. The highest BCUT2D eigenvalue weighted by molar-refractivity contribution is 5.75. The van der Waals surface area contributed by atoms with E-state index in [0.717, 1.165) is 5.56 Å². The van der Waals surface area contributed by atoms with Gasteiger partial charge >= 0.3 is 5.69 Å². The van der Waals surface area contributed by atoms with Crippen LogP contribution in [0.5, 0.6) is 11.5 Å². The van der Waals surface area contributed by atoms with Crippen LogP contribution >= 0.6 is 0 Å². The maximum Gasteiger partial charge on any atom is 0.311 e. The summed E-state index contributed by atoms with van der Waals surface area (Å²) in [7, 11) is 0. The number of likely N-dealkylation sites (tertiary alicyclic amines) is 1. The van der Waals surface area contributed by atoms with Crippen LogP contribution in [0, 0.1) is 10.1 Å². The van der Waals surface area contributed by atoms with Gasteiger partial charge < -0.3 is 15.2 Å². The average Bonchev–Trinajstić information content (AvgIpc) is 2.99. The largest absolute Gasteiger partial charge is 0.487 e. The van der Waals surface area contributed by atoms with Gasteiger partial charge in [0.2, 0.25) is 11.7 Å². The molecule has 0 radical (unpaired) electrons. The molecule has 0 aliphatic carbocycles. The third-order valence-corrected chi connectivity index (χ3v) is 4.24. The molecule has 0 saturated carbocycles. The molecular weight excluding hydrogens is 314 g/mol. The first kappa shape index (κ1) is 16.5. The molecule has 1 amide bonds. The Bertz CT molecular complexity index is 689. The van der Waals surface area contributed by atoms with Crippen LogP contribution in [0.2, 0.25) is 0 Å². The van der Waals surface area contributed by atoms with Crippen LogP contribution in [0.4, 0.5) is 5.69 Å². The maximum absolute atomic E-state index is 11.4. The molecule has 24 heavy (non-hydrogen) atoms. The van der Waals surface area contributed by atoms with Crippen molar-refractivity contribution in [1.82, 2.24) is 4.90 Å². The normalized spacial score (nSPS) is 22.0. The second-order valence-electron chi connectivity index (χ2n) is 6.95. The Kier molecular flexibility index (Phi) is 4.08. The first-order chi connectivity index (χ1) is 11.2. The molecular formula is C16H21N3O5. The van der Waals surface area contributed by atoms with Crippen LogP contribution < -0.4 is 15.2 Å². The Morgan fingerprint density at radius 2 is 2.29 bits per heavy atom. The molecule has 2 heterocycles. The van der Waals surface area contributed by atoms with Gasteiger partial charge in [0, 0.05) is 37.2 Å². The minimum Gasteiger partial charge on any atom is -0.487 e. The second kappa shape index (κ2) is 5.94. The molecule has 8 heteroatoms. The summed E-state index contributed by atoms with van der Waals surface area (Å²) in [5, 5.41) is 11.4. The van der Waals surface area contributed by atoms with Gasteiger partial charge in [0.15, 0.2) is 0 Å². The Morgan fingerprint density at radius 1 is 1.54 bits per heavy atom. The number of benzene rings is 1. The lowest BCUT2D eigenvalue weighted by molar-refractivity contribution is -0.386. The van der Waals surface area contributed by atoms with Gasteiger partial charge in [-0.05, 0) is 20.3 Å². The van der Waals surface area contributed by atoms with E-state index in [2.05, 4.69) is 0 Å². The molecule has 130 valence electrons. The van der Waals surface area contributed by atoms with Gasteiger partial charge in [-0.25, -0.2) is 0 Å². The van der Waals surface area contributed by atoms with E-state index in [1.807, 2.05) is 18.7 Å². The molecule has 3 rings (SSSR count). The fourth-order valence-electron chi connectivity index (χ4n) is 3.29. The van der Waals surface area contributed by atoms with Crippen LogP contribution in [-0.2, 0) is 11.2 Å². The quantitative estimate of drug-likeness (QED) is 0.641. The molecule has 0 bridgehead atoms. The summed E-state index contributed by atoms with van der Waals surface area (Å²) >= 11 is 0. The zero-order valence-electron chi connectivity index (χ0n) is 13.8. The predicted molar refractivity (Wildman–Crippen MR) is 86.2 cm³/mol. The molecule has 2 aliphatic rings. The minimum absolute atomic E-state index is 0.0524. The number of ether oxygens (including phenoxy) is 2. The number of nitro groups is 1. The predicted octanol–water partition coefficient (Wildman–Crippen LogP) is 1.25. The van der Waals surface area contributed by atoms with Crippen LogP contribution in [0.3, 0.4) is 0 Å². The van der Waals surface area contributed by atoms with Crippen molar-refractivity contribution in [2.75, 3.05) is 19.6 Å². The molecule has 2 N–H and O–H groups in total. The third kappa shape index (κ3) is 3.43. The number of fused-ring (bicyclic) bond motifs is 1. The van der Waals surface area contributed by atoms with Crippen molar-refractivity contribution in [2.45, 2.75) is 38.4 Å². The summed E-state index contributed by atoms with van der Waals surface area (Å²) < 4.78 is 11.7. The van der Waals surface area contributed by atoms with E-state index in [0.29, 0.717) is 31.7 Å². The van der Waals surface area contributed by atoms with Gasteiger partial charge in [-0.15, -0.1) is 0 Å². The van der Waals surface area contributed by atoms with E-state index in [9.17, 15) is 14.9 Å². The van der Waals surface area contributed by atoms with Crippen LogP contribution in [0.1, 0.15) is 25.8 Å². The van der Waals surface area contributed by atoms with Crippen molar-refractivity contribution in [2.24, 2.45) is 5.73 Å². The molecule has 0 aromatic heterocycles. The number of carbonyl (C=O) groups is 1. The van der Waals surface area contributed by atoms with Gasteiger partial charge in [0.05, 0.1) is 11.5 Å². The highest BCUT2D eigenvalue weighted by Crippen LogP contribution is 2.42. The van der Waals surface area contributed by atoms with Gasteiger partial charge in [-0.3, -0.25) is 19.8 Å². The SMILES string of the molecule is CC1(C)Cc2cc([N+](=O)[O-])c(OC3CCN(CC(N)=O)C3)cc2O1. The Hall–Kier alpha value is -2.35. The number of hydrogen-bond acceptors (Lipinski definition) is 6. The third-order valence-electron chi connectivity index (χ3n) is 4.24. The van der Waals surface area contributed by atoms with E-state index in [1.165, 1.54) is 6.07 Å². The van der Waals surface area contributed by atoms with Gasteiger partial charge in [-0.1, -0.05) is 0 Å². The topological polar surface area (TPSA) is 108 Å². The maximum atomic E-state index is 11.4. The lowest BCUT2D eigenvalue weighted by Crippen LogP contribution is -2.33. The van der Waals surface area contributed by atoms with Crippen molar-refractivity contribution >= 4 is 11.6 Å². The molecule has 1 atom stereocenters. The summed E-state index contributed by atoms with van der Waals surface area (Å²) in [6.45, 7) is 5.25. The second-order valence-corrected chi connectivity index (χ2v) is 6.95. The summed E-state index contributed by atoms with van der Waals surface area (Å²) in [5.74, 6) is 0.449. The molecule has 1 fully saturated rings. The monoisotopic (exact) mass is 335 g/mol. The zero-order valence-corrected chi connectivity index (χ0v) is 13.8. The summed E-state index contributed by atoms with van der Waals surface area (Å²) in [6, 6.07) is 3.15. The fourth-order valence-corrected chi connectivity index (χ4v) is 3.29.